The fourth-order valence-corrected chi connectivity index (χ4v) is 2.73. The van der Waals surface area contributed by atoms with Gasteiger partial charge in [0.2, 0.25) is 0 Å². The quantitative estimate of drug-likeness (QED) is 0.702. The molecule has 0 unspecified atom stereocenters. The molecule has 0 aromatic rings. The Labute approximate surface area is 99.5 Å². The molecule has 0 amide bonds. The van der Waals surface area contributed by atoms with Gasteiger partial charge in [-0.2, -0.15) is 13.2 Å². The topological polar surface area (TPSA) is 26.3 Å². The van der Waals surface area contributed by atoms with E-state index in [2.05, 4.69) is 0 Å². The number of carbonyl (C=O) groups excluding carboxylic acids is 1. The van der Waals surface area contributed by atoms with Crippen LogP contribution in [-0.4, -0.2) is 18.8 Å². The highest BCUT2D eigenvalue weighted by molar-refractivity contribution is 5.78. The predicted molar refractivity (Wildman–Crippen MR) is 57.3 cm³/mol. The molecule has 0 aliphatic heterocycles. The fourth-order valence-electron chi connectivity index (χ4n) is 2.73. The van der Waals surface area contributed by atoms with Gasteiger partial charge in [0.25, 0.3) is 0 Å². The van der Waals surface area contributed by atoms with Crippen molar-refractivity contribution in [2.75, 3.05) is 6.61 Å². The van der Waals surface area contributed by atoms with E-state index < -0.39 is 28.9 Å². The van der Waals surface area contributed by atoms with Crippen LogP contribution >= 0.6 is 0 Å². The molecule has 0 aromatic carbocycles. The van der Waals surface area contributed by atoms with Crippen LogP contribution in [0, 0.1) is 16.7 Å². The van der Waals surface area contributed by atoms with E-state index in [0.29, 0.717) is 0 Å². The predicted octanol–water partition coefficient (Wildman–Crippen LogP) is 3.55. The lowest BCUT2D eigenvalue weighted by molar-refractivity contribution is -0.207. The number of esters is 1. The number of rotatable bonds is 2. The van der Waals surface area contributed by atoms with Gasteiger partial charge in [-0.05, 0) is 32.1 Å². The molecule has 0 N–H and O–H groups in total. The van der Waals surface area contributed by atoms with Crippen molar-refractivity contribution in [3.63, 3.8) is 0 Å². The van der Waals surface area contributed by atoms with Crippen LogP contribution in [0.4, 0.5) is 13.2 Å². The number of halogens is 3. The number of hydrogen-bond acceptors (Lipinski definition) is 2. The lowest BCUT2D eigenvalue weighted by Crippen LogP contribution is -2.45. The molecular weight excluding hydrogens is 233 g/mol. The molecule has 17 heavy (non-hydrogen) atoms. The molecular formula is C12H19F3O2. The maximum Gasteiger partial charge on any atom is 0.392 e. The Morgan fingerprint density at radius 3 is 2.24 bits per heavy atom. The highest BCUT2D eigenvalue weighted by Crippen LogP contribution is 2.60. The average Bonchev–Trinajstić information content (AvgIpc) is 2.38. The third-order valence-corrected chi connectivity index (χ3v) is 4.35. The van der Waals surface area contributed by atoms with Crippen LogP contribution in [0.1, 0.15) is 40.5 Å². The van der Waals surface area contributed by atoms with Crippen molar-refractivity contribution in [2.24, 2.45) is 16.7 Å². The Balaban J connectivity index is 3.03. The standard InChI is InChI=1S/C12H19F3O2/c1-5-17-9(16)11(4)7-6-8(10(11,2)3)12(13,14)15/h8H,5-7H2,1-4H3/t8-,11-/m0/s1. The van der Waals surface area contributed by atoms with E-state index in [1.165, 1.54) is 13.8 Å². The lowest BCUT2D eigenvalue weighted by atomic mass is 9.65. The summed E-state index contributed by atoms with van der Waals surface area (Å²) in [6, 6.07) is 0. The highest BCUT2D eigenvalue weighted by Gasteiger charge is 2.64. The van der Waals surface area contributed by atoms with Gasteiger partial charge >= 0.3 is 12.1 Å². The van der Waals surface area contributed by atoms with Crippen LogP contribution < -0.4 is 0 Å². The molecule has 1 fully saturated rings. The molecule has 5 heteroatoms. The average molecular weight is 252 g/mol. The van der Waals surface area contributed by atoms with Crippen LogP contribution in [0.5, 0.6) is 0 Å². The summed E-state index contributed by atoms with van der Waals surface area (Å²) in [7, 11) is 0. The molecule has 0 spiro atoms. The minimum Gasteiger partial charge on any atom is -0.466 e. The van der Waals surface area contributed by atoms with Gasteiger partial charge in [-0.1, -0.05) is 13.8 Å². The molecule has 2 nitrogen and oxygen atoms in total. The summed E-state index contributed by atoms with van der Waals surface area (Å²) < 4.78 is 43.6. The molecule has 1 saturated carbocycles. The van der Waals surface area contributed by atoms with Crippen LogP contribution in [0.2, 0.25) is 0 Å². The minimum absolute atomic E-state index is 0.00812. The SMILES string of the molecule is CCOC(=O)[C@]1(C)CC[C@H](C(F)(F)F)C1(C)C. The van der Waals surface area contributed by atoms with E-state index in [1.807, 2.05) is 0 Å². The number of carbonyl (C=O) groups is 1. The van der Waals surface area contributed by atoms with Gasteiger partial charge in [0.15, 0.2) is 0 Å². The van der Waals surface area contributed by atoms with Crippen molar-refractivity contribution in [1.29, 1.82) is 0 Å². The minimum atomic E-state index is -4.26. The number of hydrogen-bond donors (Lipinski definition) is 0. The summed E-state index contributed by atoms with van der Waals surface area (Å²) in [5.41, 5.74) is -2.18. The largest absolute Gasteiger partial charge is 0.466 e. The molecule has 2 atom stereocenters. The normalized spacial score (nSPS) is 32.5. The van der Waals surface area contributed by atoms with Crippen LogP contribution in [0.25, 0.3) is 0 Å². The second-order valence-electron chi connectivity index (χ2n) is 5.41. The maximum absolute atomic E-state index is 12.9. The Morgan fingerprint density at radius 1 is 1.35 bits per heavy atom. The van der Waals surface area contributed by atoms with Crippen molar-refractivity contribution in [1.82, 2.24) is 0 Å². The Morgan fingerprint density at radius 2 is 1.88 bits per heavy atom. The molecule has 100 valence electrons. The molecule has 0 saturated heterocycles. The van der Waals surface area contributed by atoms with E-state index >= 15 is 0 Å². The van der Waals surface area contributed by atoms with Crippen LogP contribution in [0.3, 0.4) is 0 Å². The molecule has 1 aliphatic carbocycles. The van der Waals surface area contributed by atoms with Gasteiger partial charge in [-0.3, -0.25) is 4.79 Å². The van der Waals surface area contributed by atoms with Crippen molar-refractivity contribution in [2.45, 2.75) is 46.7 Å². The summed E-state index contributed by atoms with van der Waals surface area (Å²) in [6.07, 6.45) is -4.04. The summed E-state index contributed by atoms with van der Waals surface area (Å²) >= 11 is 0. The van der Waals surface area contributed by atoms with Crippen molar-refractivity contribution < 1.29 is 22.7 Å². The van der Waals surface area contributed by atoms with Gasteiger partial charge in [0.1, 0.15) is 0 Å². The van der Waals surface area contributed by atoms with E-state index in [4.69, 9.17) is 4.74 Å². The van der Waals surface area contributed by atoms with Crippen molar-refractivity contribution in [3.8, 4) is 0 Å². The third-order valence-electron chi connectivity index (χ3n) is 4.35. The zero-order valence-electron chi connectivity index (χ0n) is 10.6. The number of ether oxygens (including phenoxy) is 1. The maximum atomic E-state index is 12.9. The second kappa shape index (κ2) is 4.18. The van der Waals surface area contributed by atoms with Gasteiger partial charge in [0.05, 0.1) is 17.9 Å². The van der Waals surface area contributed by atoms with E-state index in [0.717, 1.165) is 0 Å². The fraction of sp³-hybridized carbons (Fsp3) is 0.917. The number of alkyl halides is 3. The van der Waals surface area contributed by atoms with E-state index in [-0.39, 0.29) is 19.4 Å². The van der Waals surface area contributed by atoms with Gasteiger partial charge in [0, 0.05) is 0 Å². The van der Waals surface area contributed by atoms with Gasteiger partial charge in [-0.25, -0.2) is 0 Å². The van der Waals surface area contributed by atoms with Crippen molar-refractivity contribution >= 4 is 5.97 Å². The molecule has 0 heterocycles. The first-order valence-corrected chi connectivity index (χ1v) is 5.81. The Hall–Kier alpha value is -0.740. The zero-order valence-corrected chi connectivity index (χ0v) is 10.6. The summed E-state index contributed by atoms with van der Waals surface area (Å²) in [6.45, 7) is 6.45. The lowest BCUT2D eigenvalue weighted by Gasteiger charge is -2.40. The second-order valence-corrected chi connectivity index (χ2v) is 5.41. The molecule has 0 bridgehead atoms. The van der Waals surface area contributed by atoms with Crippen molar-refractivity contribution in [3.05, 3.63) is 0 Å². The summed E-state index contributed by atoms with van der Waals surface area (Å²) in [5, 5.41) is 0. The van der Waals surface area contributed by atoms with Crippen LogP contribution in [-0.2, 0) is 9.53 Å². The Bertz CT molecular complexity index is 309. The molecule has 1 aliphatic rings. The third kappa shape index (κ3) is 2.16. The molecule has 0 radical (unpaired) electrons. The first-order chi connectivity index (χ1) is 7.57. The Kier molecular flexibility index (Phi) is 3.52. The highest BCUT2D eigenvalue weighted by atomic mass is 19.4. The first-order valence-electron chi connectivity index (χ1n) is 5.81. The molecule has 1 rings (SSSR count). The molecule has 0 aromatic heterocycles. The van der Waals surface area contributed by atoms with E-state index in [9.17, 15) is 18.0 Å². The summed E-state index contributed by atoms with van der Waals surface area (Å²) in [5.74, 6) is -1.96. The van der Waals surface area contributed by atoms with Gasteiger partial charge < -0.3 is 4.74 Å². The van der Waals surface area contributed by atoms with Gasteiger partial charge in [-0.15, -0.1) is 0 Å². The van der Waals surface area contributed by atoms with Crippen LogP contribution in [0.15, 0.2) is 0 Å². The summed E-state index contributed by atoms with van der Waals surface area (Å²) in [4.78, 5) is 11.9. The monoisotopic (exact) mass is 252 g/mol. The zero-order chi connectivity index (χ0) is 13.5. The first kappa shape index (κ1) is 14.3. The van der Waals surface area contributed by atoms with E-state index in [1.54, 1.807) is 13.8 Å². The smallest absolute Gasteiger partial charge is 0.392 e.